The molecule has 0 bridgehead atoms. The lowest BCUT2D eigenvalue weighted by Gasteiger charge is -2.20. The molecule has 0 spiro atoms. The van der Waals surface area contributed by atoms with Crippen LogP contribution in [-0.4, -0.2) is 34.7 Å². The average Bonchev–Trinajstić information content (AvgIpc) is 3.31. The van der Waals surface area contributed by atoms with Crippen LogP contribution in [0.15, 0.2) is 54.6 Å². The molecule has 5 nitrogen and oxygen atoms in total. The molecule has 30 heavy (non-hydrogen) atoms. The van der Waals surface area contributed by atoms with Gasteiger partial charge in [-0.05, 0) is 36.6 Å². The standard InChI is InChI=1S/C23H23FN4OS/c1-16-21(20(29)12-9-17-7-10-19(24)11-8-17)30-23(26-16)28-14-13-27(22(28)25)15-18-5-3-2-4-6-18/h2-8,10-11,25H,9,12-15H2,1H3. The highest BCUT2D eigenvalue weighted by atomic mass is 32.1. The summed E-state index contributed by atoms with van der Waals surface area (Å²) < 4.78 is 13.0. The van der Waals surface area contributed by atoms with Gasteiger partial charge in [-0.3, -0.25) is 15.1 Å². The van der Waals surface area contributed by atoms with Crippen molar-refractivity contribution in [1.82, 2.24) is 9.88 Å². The molecule has 7 heteroatoms. The van der Waals surface area contributed by atoms with Gasteiger partial charge in [-0.15, -0.1) is 0 Å². The van der Waals surface area contributed by atoms with E-state index in [0.29, 0.717) is 47.6 Å². The Balaban J connectivity index is 1.41. The predicted molar refractivity (Wildman–Crippen MR) is 118 cm³/mol. The van der Waals surface area contributed by atoms with Crippen molar-refractivity contribution in [2.45, 2.75) is 26.3 Å². The molecule has 2 heterocycles. The maximum absolute atomic E-state index is 13.0. The van der Waals surface area contributed by atoms with Crippen molar-refractivity contribution in [1.29, 1.82) is 5.41 Å². The fourth-order valence-corrected chi connectivity index (χ4v) is 4.59. The molecule has 1 aliphatic heterocycles. The van der Waals surface area contributed by atoms with Gasteiger partial charge in [-0.1, -0.05) is 53.8 Å². The minimum atomic E-state index is -0.276. The first-order valence-electron chi connectivity index (χ1n) is 9.91. The largest absolute Gasteiger partial charge is 0.337 e. The Morgan fingerprint density at radius 1 is 1.10 bits per heavy atom. The smallest absolute Gasteiger partial charge is 0.200 e. The topological polar surface area (TPSA) is 60.3 Å². The predicted octanol–water partition coefficient (Wildman–Crippen LogP) is 4.66. The first-order valence-corrected chi connectivity index (χ1v) is 10.7. The molecule has 0 atom stereocenters. The summed E-state index contributed by atoms with van der Waals surface area (Å²) in [7, 11) is 0. The van der Waals surface area contributed by atoms with Gasteiger partial charge in [0.1, 0.15) is 5.82 Å². The van der Waals surface area contributed by atoms with Crippen LogP contribution in [0.5, 0.6) is 0 Å². The number of rotatable bonds is 7. The van der Waals surface area contributed by atoms with Crippen LogP contribution in [0.25, 0.3) is 0 Å². The van der Waals surface area contributed by atoms with Gasteiger partial charge in [-0.2, -0.15) is 0 Å². The van der Waals surface area contributed by atoms with E-state index in [1.54, 1.807) is 12.1 Å². The summed E-state index contributed by atoms with van der Waals surface area (Å²) in [6, 6.07) is 16.3. The van der Waals surface area contributed by atoms with Crippen LogP contribution in [-0.2, 0) is 13.0 Å². The Hall–Kier alpha value is -3.06. The Labute approximate surface area is 179 Å². The number of ketones is 1. The van der Waals surface area contributed by atoms with Crippen LogP contribution in [0.3, 0.4) is 0 Å². The molecule has 3 aromatic rings. The number of carbonyl (C=O) groups excluding carboxylic acids is 1. The van der Waals surface area contributed by atoms with Crippen LogP contribution in [0.1, 0.15) is 32.9 Å². The van der Waals surface area contributed by atoms with E-state index in [-0.39, 0.29) is 11.6 Å². The third kappa shape index (κ3) is 4.41. The summed E-state index contributed by atoms with van der Waals surface area (Å²) in [5.41, 5.74) is 2.80. The number of aryl methyl sites for hydroxylation is 2. The molecule has 4 rings (SSSR count). The molecule has 0 unspecified atom stereocenters. The lowest BCUT2D eigenvalue weighted by molar-refractivity contribution is 0.0986. The van der Waals surface area contributed by atoms with Crippen LogP contribution < -0.4 is 4.90 Å². The maximum atomic E-state index is 13.0. The molecular weight excluding hydrogens is 399 g/mol. The van der Waals surface area contributed by atoms with E-state index in [1.165, 1.54) is 23.5 Å². The molecule has 2 aromatic carbocycles. The molecule has 1 aromatic heterocycles. The lowest BCUT2D eigenvalue weighted by Crippen LogP contribution is -2.32. The Morgan fingerprint density at radius 2 is 1.83 bits per heavy atom. The SMILES string of the molecule is Cc1nc(N2CCN(Cc3ccccc3)C2=N)sc1C(=O)CCc1ccc(F)cc1. The van der Waals surface area contributed by atoms with Crippen molar-refractivity contribution in [3.63, 3.8) is 0 Å². The second-order valence-corrected chi connectivity index (χ2v) is 8.32. The van der Waals surface area contributed by atoms with Gasteiger partial charge in [0.2, 0.25) is 5.96 Å². The van der Waals surface area contributed by atoms with Crippen LogP contribution >= 0.6 is 11.3 Å². The number of hydrogen-bond acceptors (Lipinski definition) is 4. The van der Waals surface area contributed by atoms with Crippen molar-refractivity contribution >= 4 is 28.2 Å². The van der Waals surface area contributed by atoms with Crippen LogP contribution in [0.2, 0.25) is 0 Å². The number of guanidine groups is 1. The molecule has 154 valence electrons. The summed E-state index contributed by atoms with van der Waals surface area (Å²) in [6.45, 7) is 3.96. The highest BCUT2D eigenvalue weighted by Gasteiger charge is 2.29. The normalized spacial score (nSPS) is 13.9. The van der Waals surface area contributed by atoms with Crippen molar-refractivity contribution in [2.75, 3.05) is 18.0 Å². The van der Waals surface area contributed by atoms with E-state index in [9.17, 15) is 9.18 Å². The second-order valence-electron chi connectivity index (χ2n) is 7.34. The van der Waals surface area contributed by atoms with Gasteiger partial charge in [0.15, 0.2) is 10.9 Å². The fraction of sp³-hybridized carbons (Fsp3) is 0.261. The van der Waals surface area contributed by atoms with E-state index >= 15 is 0 Å². The molecule has 0 aliphatic carbocycles. The van der Waals surface area contributed by atoms with Gasteiger partial charge in [0, 0.05) is 26.1 Å². The quantitative estimate of drug-likeness (QED) is 0.563. The second kappa shape index (κ2) is 8.75. The van der Waals surface area contributed by atoms with Crippen molar-refractivity contribution in [2.24, 2.45) is 0 Å². The highest BCUT2D eigenvalue weighted by Crippen LogP contribution is 2.30. The maximum Gasteiger partial charge on any atom is 0.200 e. The van der Waals surface area contributed by atoms with Crippen molar-refractivity contribution in [3.8, 4) is 0 Å². The molecule has 1 saturated heterocycles. The molecular formula is C23H23FN4OS. The molecule has 1 N–H and O–H groups in total. The minimum absolute atomic E-state index is 0.0347. The fourth-order valence-electron chi connectivity index (χ4n) is 3.53. The number of nitrogens with zero attached hydrogens (tertiary/aromatic N) is 3. The van der Waals surface area contributed by atoms with E-state index < -0.39 is 0 Å². The summed E-state index contributed by atoms with van der Waals surface area (Å²) in [6.07, 6.45) is 0.919. The van der Waals surface area contributed by atoms with E-state index in [1.807, 2.05) is 34.9 Å². The number of carbonyl (C=O) groups is 1. The first-order chi connectivity index (χ1) is 14.5. The number of anilines is 1. The number of halogens is 1. The molecule has 0 amide bonds. The Bertz CT molecular complexity index is 1050. The van der Waals surface area contributed by atoms with Gasteiger partial charge in [-0.25, -0.2) is 9.37 Å². The van der Waals surface area contributed by atoms with Gasteiger partial charge >= 0.3 is 0 Å². The van der Waals surface area contributed by atoms with Crippen molar-refractivity contribution < 1.29 is 9.18 Å². The summed E-state index contributed by atoms with van der Waals surface area (Å²) >= 11 is 1.35. The van der Waals surface area contributed by atoms with Gasteiger partial charge < -0.3 is 4.90 Å². The summed E-state index contributed by atoms with van der Waals surface area (Å²) in [5, 5.41) is 9.24. The molecule has 0 saturated carbocycles. The average molecular weight is 423 g/mol. The number of benzene rings is 2. The number of Topliss-reactive ketones (excluding diaryl/α,β-unsaturated/α-hetero) is 1. The van der Waals surface area contributed by atoms with Crippen LogP contribution in [0, 0.1) is 18.2 Å². The Kier molecular flexibility index (Phi) is 5.90. The summed E-state index contributed by atoms with van der Waals surface area (Å²) in [5.74, 6) is 0.174. The number of aromatic nitrogens is 1. The van der Waals surface area contributed by atoms with Gasteiger partial charge in [0.25, 0.3) is 0 Å². The number of hydrogen-bond donors (Lipinski definition) is 1. The monoisotopic (exact) mass is 422 g/mol. The first kappa shape index (κ1) is 20.2. The van der Waals surface area contributed by atoms with E-state index in [4.69, 9.17) is 5.41 Å². The third-order valence-electron chi connectivity index (χ3n) is 5.19. The summed E-state index contributed by atoms with van der Waals surface area (Å²) in [4.78, 5) is 21.8. The van der Waals surface area contributed by atoms with Crippen LogP contribution in [0.4, 0.5) is 9.52 Å². The number of nitrogens with one attached hydrogen (secondary N) is 1. The Morgan fingerprint density at radius 3 is 2.57 bits per heavy atom. The van der Waals surface area contributed by atoms with Gasteiger partial charge in [0.05, 0.1) is 10.6 Å². The zero-order chi connectivity index (χ0) is 21.1. The number of thiazole rings is 1. The molecule has 1 aliphatic rings. The zero-order valence-electron chi connectivity index (χ0n) is 16.8. The lowest BCUT2D eigenvalue weighted by atomic mass is 10.1. The highest BCUT2D eigenvalue weighted by molar-refractivity contribution is 7.17. The zero-order valence-corrected chi connectivity index (χ0v) is 17.6. The minimum Gasteiger partial charge on any atom is -0.337 e. The molecule has 1 fully saturated rings. The molecule has 0 radical (unpaired) electrons. The van der Waals surface area contributed by atoms with Crippen molar-refractivity contribution in [3.05, 3.63) is 82.1 Å². The van der Waals surface area contributed by atoms with E-state index in [2.05, 4.69) is 17.1 Å². The van der Waals surface area contributed by atoms with E-state index in [0.717, 1.165) is 17.7 Å². The third-order valence-corrected chi connectivity index (χ3v) is 6.41.